The SMILES string of the molecule is CC(C)(C)CCC(=O)Oc1c(N2CCN(C3CCC(O)CC3)CC2=O)cccc1N1CCN(c2cc(Cl)ccc2-n2cnnn2)C(=O)C1=O. The zero-order valence-electron chi connectivity index (χ0n) is 27.9. The predicted molar refractivity (Wildman–Crippen MR) is 182 cm³/mol. The topological polar surface area (TPSA) is 154 Å². The Morgan fingerprint density at radius 1 is 0.898 bits per heavy atom. The summed E-state index contributed by atoms with van der Waals surface area (Å²) in [5.41, 5.74) is 1.29. The van der Waals surface area contributed by atoms with Crippen LogP contribution in [-0.2, 0) is 19.2 Å². The summed E-state index contributed by atoms with van der Waals surface area (Å²) in [6.07, 6.45) is 4.86. The molecule has 3 amide bonds. The van der Waals surface area contributed by atoms with Gasteiger partial charge in [-0.1, -0.05) is 38.4 Å². The number of carbonyl (C=O) groups is 4. The minimum atomic E-state index is -0.839. The van der Waals surface area contributed by atoms with E-state index in [-0.39, 0.29) is 61.0 Å². The van der Waals surface area contributed by atoms with Gasteiger partial charge in [-0.2, -0.15) is 4.68 Å². The second kappa shape index (κ2) is 14.2. The summed E-state index contributed by atoms with van der Waals surface area (Å²) in [7, 11) is 0. The quantitative estimate of drug-likeness (QED) is 0.211. The maximum atomic E-state index is 13.9. The second-order valence-corrected chi connectivity index (χ2v) is 14.4. The molecule has 2 aliphatic heterocycles. The number of piperazine rings is 2. The second-order valence-electron chi connectivity index (χ2n) is 13.9. The number of ether oxygens (including phenoxy) is 1. The molecule has 1 saturated carbocycles. The van der Waals surface area contributed by atoms with Crippen molar-refractivity contribution in [1.29, 1.82) is 0 Å². The number of nitrogens with zero attached hydrogens (tertiary/aromatic N) is 8. The smallest absolute Gasteiger partial charge is 0.317 e. The number of carbonyl (C=O) groups excluding carboxylic acids is 4. The van der Waals surface area contributed by atoms with Crippen molar-refractivity contribution >= 4 is 52.4 Å². The summed E-state index contributed by atoms with van der Waals surface area (Å²) < 4.78 is 7.40. The van der Waals surface area contributed by atoms with Crippen LogP contribution in [0.4, 0.5) is 17.1 Å². The number of para-hydroxylation sites is 1. The number of aliphatic hydroxyl groups excluding tert-OH is 1. The van der Waals surface area contributed by atoms with Crippen molar-refractivity contribution in [2.75, 3.05) is 47.4 Å². The normalized spacial score (nSPS) is 21.0. The Balaban J connectivity index is 1.29. The van der Waals surface area contributed by atoms with Crippen molar-refractivity contribution in [2.45, 2.75) is 71.4 Å². The number of anilines is 3. The molecule has 0 atom stereocenters. The molecule has 1 aromatic heterocycles. The lowest BCUT2D eigenvalue weighted by atomic mass is 9.91. The van der Waals surface area contributed by atoms with Gasteiger partial charge in [0.15, 0.2) is 5.75 Å². The van der Waals surface area contributed by atoms with Crippen LogP contribution in [0.3, 0.4) is 0 Å². The van der Waals surface area contributed by atoms with Crippen molar-refractivity contribution in [3.05, 3.63) is 47.7 Å². The van der Waals surface area contributed by atoms with Gasteiger partial charge in [-0.05, 0) is 78.3 Å². The van der Waals surface area contributed by atoms with Crippen molar-refractivity contribution in [1.82, 2.24) is 25.1 Å². The Kier molecular flexibility index (Phi) is 10.00. The van der Waals surface area contributed by atoms with Gasteiger partial charge >= 0.3 is 17.8 Å². The lowest BCUT2D eigenvalue weighted by Crippen LogP contribution is -2.55. The van der Waals surface area contributed by atoms with E-state index in [1.165, 1.54) is 20.8 Å². The molecule has 0 unspecified atom stereocenters. The Morgan fingerprint density at radius 3 is 2.18 bits per heavy atom. The number of esters is 1. The molecule has 3 aromatic rings. The predicted octanol–water partition coefficient (Wildman–Crippen LogP) is 3.38. The Labute approximate surface area is 289 Å². The Hall–Kier alpha value is -4.40. The number of hydrogen-bond acceptors (Lipinski definition) is 10. The third kappa shape index (κ3) is 7.61. The molecule has 0 spiro atoms. The standard InChI is InChI=1S/C34H41ClN8O6/c1-34(2,3)14-13-30(46)49-31-26(40-16-15-39(20-29(40)45)23-8-10-24(44)11-9-23)5-4-6-27(31)41-17-18-42(33(48)32(41)47)28-19-22(35)7-12-25(28)43-21-36-37-38-43/h4-7,12,19,21,23-24,44H,8-11,13-18,20H2,1-3H3. The van der Waals surface area contributed by atoms with Gasteiger partial charge < -0.3 is 19.6 Å². The highest BCUT2D eigenvalue weighted by Gasteiger charge is 2.39. The maximum Gasteiger partial charge on any atom is 0.317 e. The van der Waals surface area contributed by atoms with E-state index in [1.807, 2.05) is 20.8 Å². The molecule has 6 rings (SSSR count). The van der Waals surface area contributed by atoms with Crippen LogP contribution in [0.15, 0.2) is 42.7 Å². The van der Waals surface area contributed by atoms with E-state index in [0.29, 0.717) is 54.4 Å². The van der Waals surface area contributed by atoms with E-state index in [4.69, 9.17) is 16.3 Å². The van der Waals surface area contributed by atoms with Gasteiger partial charge in [-0.25, -0.2) is 0 Å². The molecule has 1 N–H and O–H groups in total. The van der Waals surface area contributed by atoms with Gasteiger partial charge in [-0.15, -0.1) is 5.10 Å². The van der Waals surface area contributed by atoms with Gasteiger partial charge in [0.1, 0.15) is 6.33 Å². The summed E-state index contributed by atoms with van der Waals surface area (Å²) >= 11 is 6.30. The molecule has 14 nitrogen and oxygen atoms in total. The van der Waals surface area contributed by atoms with Gasteiger partial charge in [0, 0.05) is 43.7 Å². The summed E-state index contributed by atoms with van der Waals surface area (Å²) in [5, 5.41) is 21.6. The van der Waals surface area contributed by atoms with Crippen molar-refractivity contribution < 1.29 is 29.0 Å². The van der Waals surface area contributed by atoms with E-state index in [0.717, 1.165) is 12.8 Å². The Morgan fingerprint density at radius 2 is 1.55 bits per heavy atom. The van der Waals surface area contributed by atoms with Crippen LogP contribution in [0.25, 0.3) is 5.69 Å². The lowest BCUT2D eigenvalue weighted by molar-refractivity contribution is -0.137. The first-order valence-electron chi connectivity index (χ1n) is 16.6. The molecule has 0 radical (unpaired) electrons. The molecule has 49 heavy (non-hydrogen) atoms. The minimum absolute atomic E-state index is 0.0655. The number of tetrazole rings is 1. The Bertz CT molecular complexity index is 1720. The summed E-state index contributed by atoms with van der Waals surface area (Å²) in [6, 6.07) is 10.1. The highest BCUT2D eigenvalue weighted by Crippen LogP contribution is 2.41. The van der Waals surface area contributed by atoms with Crippen LogP contribution in [0.2, 0.25) is 5.02 Å². The monoisotopic (exact) mass is 692 g/mol. The zero-order valence-corrected chi connectivity index (χ0v) is 28.7. The molecule has 3 heterocycles. The van der Waals surface area contributed by atoms with E-state index in [1.54, 1.807) is 41.3 Å². The van der Waals surface area contributed by atoms with E-state index in [2.05, 4.69) is 20.4 Å². The summed E-state index contributed by atoms with van der Waals surface area (Å²) in [6.45, 7) is 7.38. The lowest BCUT2D eigenvalue weighted by Gasteiger charge is -2.41. The average molecular weight is 693 g/mol. The molecule has 2 saturated heterocycles. The number of aliphatic hydroxyl groups is 1. The molecule has 260 valence electrons. The van der Waals surface area contributed by atoms with E-state index >= 15 is 0 Å². The van der Waals surface area contributed by atoms with Gasteiger partial charge in [0.2, 0.25) is 5.91 Å². The molecule has 3 fully saturated rings. The number of hydrogen-bond donors (Lipinski definition) is 1. The van der Waals surface area contributed by atoms with Crippen LogP contribution in [0, 0.1) is 5.41 Å². The maximum absolute atomic E-state index is 13.9. The largest absolute Gasteiger partial charge is 0.422 e. The van der Waals surface area contributed by atoms with Gasteiger partial charge in [-0.3, -0.25) is 29.0 Å². The fourth-order valence-electron chi connectivity index (χ4n) is 6.64. The van der Waals surface area contributed by atoms with Crippen molar-refractivity contribution in [2.24, 2.45) is 5.41 Å². The zero-order chi connectivity index (χ0) is 34.9. The third-order valence-electron chi connectivity index (χ3n) is 9.33. The number of benzene rings is 2. The van der Waals surface area contributed by atoms with Crippen LogP contribution in [0.5, 0.6) is 5.75 Å². The van der Waals surface area contributed by atoms with Crippen LogP contribution in [-0.4, -0.2) is 98.8 Å². The molecular weight excluding hydrogens is 652 g/mol. The number of rotatable bonds is 8. The first kappa shape index (κ1) is 34.5. The van der Waals surface area contributed by atoms with Crippen LogP contribution < -0.4 is 19.4 Å². The number of aromatic nitrogens is 4. The molecule has 1 aliphatic carbocycles. The molecular formula is C34H41ClN8O6. The highest BCUT2D eigenvalue weighted by molar-refractivity contribution is 6.46. The molecule has 3 aliphatic rings. The average Bonchev–Trinajstić information content (AvgIpc) is 3.60. The van der Waals surface area contributed by atoms with Crippen molar-refractivity contribution in [3.8, 4) is 11.4 Å². The molecule has 0 bridgehead atoms. The highest BCUT2D eigenvalue weighted by atomic mass is 35.5. The first-order chi connectivity index (χ1) is 23.4. The molecule has 15 heteroatoms. The van der Waals surface area contributed by atoms with E-state index in [9.17, 15) is 24.3 Å². The molecule has 2 aromatic carbocycles. The fraction of sp³-hybridized carbons (Fsp3) is 0.500. The number of amides is 3. The third-order valence-corrected chi connectivity index (χ3v) is 9.56. The van der Waals surface area contributed by atoms with Crippen LogP contribution in [0.1, 0.15) is 59.3 Å². The minimum Gasteiger partial charge on any atom is -0.422 e. The number of halogens is 1. The van der Waals surface area contributed by atoms with Gasteiger partial charge in [0.25, 0.3) is 0 Å². The summed E-state index contributed by atoms with van der Waals surface area (Å²) in [4.78, 5) is 61.0. The van der Waals surface area contributed by atoms with E-state index < -0.39 is 17.8 Å². The summed E-state index contributed by atoms with van der Waals surface area (Å²) in [5.74, 6) is -2.26. The first-order valence-corrected chi connectivity index (χ1v) is 17.0. The fourth-order valence-corrected chi connectivity index (χ4v) is 6.80. The van der Waals surface area contributed by atoms with Crippen LogP contribution >= 0.6 is 11.6 Å². The van der Waals surface area contributed by atoms with Gasteiger partial charge in [0.05, 0.1) is 35.4 Å². The van der Waals surface area contributed by atoms with Crippen molar-refractivity contribution in [3.63, 3.8) is 0 Å².